The average molecular weight is 294 g/mol. The van der Waals surface area contributed by atoms with Gasteiger partial charge in [0.05, 0.1) is 12.1 Å². The lowest BCUT2D eigenvalue weighted by Gasteiger charge is -2.08. The Morgan fingerprint density at radius 3 is 2.71 bits per heavy atom. The summed E-state index contributed by atoms with van der Waals surface area (Å²) in [4.78, 5) is 15.9. The van der Waals surface area contributed by atoms with Crippen LogP contribution in [0.2, 0.25) is 0 Å². The van der Waals surface area contributed by atoms with Crippen molar-refractivity contribution >= 4 is 5.78 Å². The summed E-state index contributed by atoms with van der Waals surface area (Å²) in [5, 5.41) is 3.97. The van der Waals surface area contributed by atoms with Gasteiger partial charge in [-0.05, 0) is 23.8 Å². The van der Waals surface area contributed by atoms with Crippen molar-refractivity contribution in [1.82, 2.24) is 19.2 Å². The minimum absolute atomic E-state index is 0.0495. The van der Waals surface area contributed by atoms with Crippen molar-refractivity contribution < 1.29 is 13.2 Å². The highest BCUT2D eigenvalue weighted by Crippen LogP contribution is 2.29. The van der Waals surface area contributed by atoms with Gasteiger partial charge in [-0.1, -0.05) is 12.1 Å². The second-order valence-electron chi connectivity index (χ2n) is 4.43. The van der Waals surface area contributed by atoms with Crippen molar-refractivity contribution in [2.45, 2.75) is 12.7 Å². The lowest BCUT2D eigenvalue weighted by Crippen LogP contribution is -2.21. The summed E-state index contributed by atoms with van der Waals surface area (Å²) in [6, 6.07) is 6.38. The second-order valence-corrected chi connectivity index (χ2v) is 4.43. The maximum atomic E-state index is 12.7. The highest BCUT2D eigenvalue weighted by molar-refractivity contribution is 5.27. The quantitative estimate of drug-likeness (QED) is 0.726. The molecule has 0 saturated heterocycles. The standard InChI is InChI=1S/C13H9F3N4O/c14-13(15,16)10-4-1-3-9(7-10)8-20-12(21)19-6-2-5-17-11(19)18-20/h1-7H,8H2. The number of benzene rings is 1. The first-order chi connectivity index (χ1) is 9.95. The molecule has 0 N–H and O–H groups in total. The van der Waals surface area contributed by atoms with Gasteiger partial charge in [0.25, 0.3) is 5.78 Å². The van der Waals surface area contributed by atoms with Gasteiger partial charge in [-0.3, -0.25) is 0 Å². The molecule has 0 radical (unpaired) electrons. The Morgan fingerprint density at radius 2 is 2.00 bits per heavy atom. The number of rotatable bonds is 2. The van der Waals surface area contributed by atoms with Crippen LogP contribution in [-0.4, -0.2) is 19.2 Å². The van der Waals surface area contributed by atoms with Crippen LogP contribution in [-0.2, 0) is 12.7 Å². The Bertz CT molecular complexity index is 850. The zero-order valence-electron chi connectivity index (χ0n) is 10.6. The molecular weight excluding hydrogens is 285 g/mol. The lowest BCUT2D eigenvalue weighted by molar-refractivity contribution is -0.137. The minimum Gasteiger partial charge on any atom is -0.246 e. The summed E-state index contributed by atoms with van der Waals surface area (Å²) in [5.41, 5.74) is -0.860. The van der Waals surface area contributed by atoms with Crippen LogP contribution >= 0.6 is 0 Å². The zero-order chi connectivity index (χ0) is 15.0. The number of aromatic nitrogens is 4. The number of nitrogens with zero attached hydrogens (tertiary/aromatic N) is 4. The monoisotopic (exact) mass is 294 g/mol. The Kier molecular flexibility index (Phi) is 3.00. The number of hydrogen-bond donors (Lipinski definition) is 0. The molecular formula is C13H9F3N4O. The third kappa shape index (κ3) is 2.51. The number of hydrogen-bond acceptors (Lipinski definition) is 3. The van der Waals surface area contributed by atoms with Crippen molar-refractivity contribution in [2.75, 3.05) is 0 Å². The third-order valence-corrected chi connectivity index (χ3v) is 2.95. The van der Waals surface area contributed by atoms with Crippen LogP contribution in [0.15, 0.2) is 47.5 Å². The topological polar surface area (TPSA) is 52.2 Å². The molecule has 0 fully saturated rings. The van der Waals surface area contributed by atoms with E-state index in [4.69, 9.17) is 0 Å². The molecule has 2 heterocycles. The number of fused-ring (bicyclic) bond motifs is 1. The summed E-state index contributed by atoms with van der Waals surface area (Å²) in [7, 11) is 0. The Hall–Kier alpha value is -2.64. The third-order valence-electron chi connectivity index (χ3n) is 2.95. The molecule has 2 aromatic heterocycles. The van der Waals surface area contributed by atoms with Crippen molar-refractivity contribution in [1.29, 1.82) is 0 Å². The minimum atomic E-state index is -4.42. The van der Waals surface area contributed by atoms with Crippen molar-refractivity contribution in [3.63, 3.8) is 0 Å². The van der Waals surface area contributed by atoms with Gasteiger partial charge in [0.1, 0.15) is 0 Å². The van der Waals surface area contributed by atoms with E-state index in [-0.39, 0.29) is 12.3 Å². The molecule has 108 valence electrons. The van der Waals surface area contributed by atoms with Crippen molar-refractivity contribution in [3.05, 3.63) is 64.3 Å². The van der Waals surface area contributed by atoms with Gasteiger partial charge in [-0.25, -0.2) is 18.9 Å². The molecule has 3 aromatic rings. The predicted molar refractivity (Wildman–Crippen MR) is 67.8 cm³/mol. The Balaban J connectivity index is 1.99. The van der Waals surface area contributed by atoms with Gasteiger partial charge < -0.3 is 0 Å². The smallest absolute Gasteiger partial charge is 0.246 e. The molecule has 1 aromatic carbocycles. The molecule has 0 bridgehead atoms. The van der Waals surface area contributed by atoms with E-state index in [9.17, 15) is 18.0 Å². The van der Waals surface area contributed by atoms with Crippen LogP contribution in [0.25, 0.3) is 5.78 Å². The normalized spacial score (nSPS) is 12.0. The molecule has 5 nitrogen and oxygen atoms in total. The molecule has 0 aliphatic heterocycles. The van der Waals surface area contributed by atoms with Crippen LogP contribution in [0.1, 0.15) is 11.1 Å². The largest absolute Gasteiger partial charge is 0.416 e. The van der Waals surface area contributed by atoms with E-state index in [1.165, 1.54) is 28.9 Å². The summed E-state index contributed by atoms with van der Waals surface area (Å²) in [5.74, 6) is 0.203. The van der Waals surface area contributed by atoms with E-state index in [0.29, 0.717) is 5.56 Å². The molecule has 0 unspecified atom stereocenters. The van der Waals surface area contributed by atoms with Gasteiger partial charge in [0.15, 0.2) is 0 Å². The first-order valence-electron chi connectivity index (χ1n) is 6.01. The van der Waals surface area contributed by atoms with Crippen LogP contribution in [0, 0.1) is 0 Å². The molecule has 0 atom stereocenters. The van der Waals surface area contributed by atoms with Crippen molar-refractivity contribution in [3.8, 4) is 0 Å². The van der Waals surface area contributed by atoms with Crippen LogP contribution < -0.4 is 5.69 Å². The molecule has 8 heteroatoms. The average Bonchev–Trinajstić information content (AvgIpc) is 2.75. The summed E-state index contributed by atoms with van der Waals surface area (Å²) in [6.45, 7) is -0.0495. The van der Waals surface area contributed by atoms with Crippen LogP contribution in [0.4, 0.5) is 13.2 Å². The van der Waals surface area contributed by atoms with Gasteiger partial charge >= 0.3 is 11.9 Å². The maximum absolute atomic E-state index is 12.7. The predicted octanol–water partition coefficient (Wildman–Crippen LogP) is 1.96. The van der Waals surface area contributed by atoms with Crippen LogP contribution in [0.3, 0.4) is 0 Å². The van der Waals surface area contributed by atoms with Gasteiger partial charge in [0, 0.05) is 12.4 Å². The summed E-state index contributed by atoms with van der Waals surface area (Å²) < 4.78 is 40.3. The van der Waals surface area contributed by atoms with Crippen molar-refractivity contribution in [2.24, 2.45) is 0 Å². The van der Waals surface area contributed by atoms with E-state index >= 15 is 0 Å². The van der Waals surface area contributed by atoms with E-state index in [1.807, 2.05) is 0 Å². The SMILES string of the molecule is O=c1n(Cc2cccc(C(F)(F)F)c2)nc2ncccn12. The lowest BCUT2D eigenvalue weighted by atomic mass is 10.1. The first-order valence-corrected chi connectivity index (χ1v) is 6.01. The van der Waals surface area contributed by atoms with Gasteiger partial charge in [-0.2, -0.15) is 13.2 Å². The molecule has 21 heavy (non-hydrogen) atoms. The van der Waals surface area contributed by atoms with E-state index in [2.05, 4.69) is 10.1 Å². The molecule has 0 amide bonds. The highest BCUT2D eigenvalue weighted by Gasteiger charge is 2.30. The van der Waals surface area contributed by atoms with Crippen LogP contribution in [0.5, 0.6) is 0 Å². The highest BCUT2D eigenvalue weighted by atomic mass is 19.4. The maximum Gasteiger partial charge on any atom is 0.416 e. The van der Waals surface area contributed by atoms with Gasteiger partial charge in [-0.15, -0.1) is 5.10 Å². The number of halogens is 3. The van der Waals surface area contributed by atoms with Gasteiger partial charge in [0.2, 0.25) is 0 Å². The molecule has 0 saturated carbocycles. The zero-order valence-corrected chi connectivity index (χ0v) is 10.6. The second kappa shape index (κ2) is 4.72. The molecule has 0 aliphatic carbocycles. The van der Waals surface area contributed by atoms with E-state index < -0.39 is 17.4 Å². The fourth-order valence-electron chi connectivity index (χ4n) is 1.98. The van der Waals surface area contributed by atoms with E-state index in [0.717, 1.165) is 16.8 Å². The van der Waals surface area contributed by atoms with E-state index in [1.54, 1.807) is 6.07 Å². The number of alkyl halides is 3. The molecule has 3 rings (SSSR count). The molecule has 0 aliphatic rings. The summed E-state index contributed by atoms with van der Waals surface area (Å²) >= 11 is 0. The Morgan fingerprint density at radius 1 is 1.19 bits per heavy atom. The fourth-order valence-corrected chi connectivity index (χ4v) is 1.98. The summed E-state index contributed by atoms with van der Waals surface area (Å²) in [6.07, 6.45) is -1.43. The fraction of sp³-hybridized carbons (Fsp3) is 0.154. The first kappa shape index (κ1) is 13.3. The molecule has 0 spiro atoms. The Labute approximate surface area is 116 Å².